The highest BCUT2D eigenvalue weighted by Gasteiger charge is 2.51. The molecule has 1 aliphatic heterocycles. The van der Waals surface area contributed by atoms with Gasteiger partial charge in [-0.05, 0) is 70.4 Å². The minimum absolute atomic E-state index is 0.0490. The number of aromatic amines is 1. The molecule has 1 fully saturated rings. The van der Waals surface area contributed by atoms with Crippen molar-refractivity contribution in [3.05, 3.63) is 40.0 Å². The lowest BCUT2D eigenvalue weighted by molar-refractivity contribution is -0.120. The Morgan fingerprint density at radius 1 is 1.19 bits per heavy atom. The zero-order valence-electron chi connectivity index (χ0n) is 19.6. The Balaban J connectivity index is 1.56. The number of nitrogens with one attached hydrogen (secondary N) is 3. The van der Waals surface area contributed by atoms with Gasteiger partial charge in [-0.15, -0.1) is 0 Å². The smallest absolute Gasteiger partial charge is 0.309 e. The molecule has 7 nitrogen and oxygen atoms in total. The first-order valence-electron chi connectivity index (χ1n) is 10.8. The van der Waals surface area contributed by atoms with Crippen LogP contribution < -0.4 is 10.6 Å². The number of para-hydroxylation sites is 1. The number of rotatable bonds is 4. The van der Waals surface area contributed by atoms with Crippen molar-refractivity contribution < 1.29 is 9.59 Å². The van der Waals surface area contributed by atoms with Crippen LogP contribution >= 0.6 is 21.6 Å². The van der Waals surface area contributed by atoms with Crippen molar-refractivity contribution in [3.63, 3.8) is 0 Å². The van der Waals surface area contributed by atoms with Gasteiger partial charge in [-0.25, -0.2) is 14.8 Å². The van der Waals surface area contributed by atoms with Crippen molar-refractivity contribution in [3.8, 4) is 0 Å². The summed E-state index contributed by atoms with van der Waals surface area (Å²) in [6.07, 6.45) is 9.52. The Morgan fingerprint density at radius 2 is 1.88 bits per heavy atom. The van der Waals surface area contributed by atoms with Crippen LogP contribution in [0, 0.1) is 6.92 Å². The zero-order chi connectivity index (χ0) is 23.5. The van der Waals surface area contributed by atoms with Crippen molar-refractivity contribution in [2.45, 2.75) is 56.9 Å². The number of benzene rings is 1. The molecule has 0 unspecified atom stereocenters. The average Bonchev–Trinajstić information content (AvgIpc) is 3.14. The van der Waals surface area contributed by atoms with Crippen LogP contribution in [0.2, 0.25) is 5.02 Å². The van der Waals surface area contributed by atoms with Gasteiger partial charge in [0.1, 0.15) is 0 Å². The Bertz CT molecular complexity index is 1060. The van der Waals surface area contributed by atoms with Gasteiger partial charge in [0.05, 0.1) is 33.2 Å². The molecule has 0 radical (unpaired) electrons. The average molecular weight is 478 g/mol. The van der Waals surface area contributed by atoms with Crippen molar-refractivity contribution in [1.82, 2.24) is 15.1 Å². The molecule has 2 aromatic rings. The number of aryl methyl sites for hydroxylation is 1. The van der Waals surface area contributed by atoms with Gasteiger partial charge in [-0.3, -0.25) is 9.89 Å². The van der Waals surface area contributed by atoms with E-state index in [0.29, 0.717) is 23.1 Å². The second-order valence-electron chi connectivity index (χ2n) is 10.1. The lowest BCUT2D eigenvalue weighted by Gasteiger charge is -2.53. The standard InChI is InChI=1S/C23H32ClN5O2S/c1-14-9-7-10-16(24)17(14)25-21(31)29-13-15-18(22(29,2)3)27-28-19(15)26-20(30)23(11-8-12-23)32(4,5)6/h7,9-10H,8,11-13H2,1-6H3,(H,25,31)(H2,26,27,28,30). The molecule has 0 atom stereocenters. The van der Waals surface area contributed by atoms with E-state index in [2.05, 4.69) is 39.6 Å². The van der Waals surface area contributed by atoms with Crippen LogP contribution in [0.15, 0.2) is 18.2 Å². The number of amides is 3. The molecule has 9 heteroatoms. The van der Waals surface area contributed by atoms with Crippen LogP contribution in [0.5, 0.6) is 0 Å². The van der Waals surface area contributed by atoms with E-state index in [1.165, 1.54) is 0 Å². The molecule has 1 aromatic carbocycles. The molecule has 0 saturated heterocycles. The van der Waals surface area contributed by atoms with E-state index >= 15 is 0 Å². The Kier molecular flexibility index (Phi) is 5.53. The minimum atomic E-state index is -1.07. The fourth-order valence-electron chi connectivity index (χ4n) is 4.75. The molecule has 1 aromatic heterocycles. The summed E-state index contributed by atoms with van der Waals surface area (Å²) >= 11 is 6.31. The maximum absolute atomic E-state index is 13.3. The highest BCUT2D eigenvalue weighted by Crippen LogP contribution is 2.60. The van der Waals surface area contributed by atoms with Gasteiger partial charge in [-0.2, -0.15) is 5.10 Å². The molecule has 174 valence electrons. The number of nitrogens with zero attached hydrogens (tertiary/aromatic N) is 2. The van der Waals surface area contributed by atoms with E-state index in [0.717, 1.165) is 36.1 Å². The summed E-state index contributed by atoms with van der Waals surface area (Å²) in [4.78, 5) is 28.3. The van der Waals surface area contributed by atoms with Crippen LogP contribution in [0.3, 0.4) is 0 Å². The summed E-state index contributed by atoms with van der Waals surface area (Å²) in [5.41, 5.74) is 2.58. The van der Waals surface area contributed by atoms with E-state index in [-0.39, 0.29) is 16.7 Å². The molecule has 1 saturated carbocycles. The maximum atomic E-state index is 13.3. The SMILES string of the molecule is Cc1cccc(Cl)c1NC(=O)N1Cc2c(NC(=O)C3(S(C)(C)C)CCC3)n[nH]c2C1(C)C. The number of carbonyl (C=O) groups is 2. The topological polar surface area (TPSA) is 90.1 Å². The molecular formula is C23H32ClN5O2S. The van der Waals surface area contributed by atoms with E-state index in [1.807, 2.05) is 32.9 Å². The van der Waals surface area contributed by atoms with Gasteiger partial charge in [0.15, 0.2) is 5.82 Å². The van der Waals surface area contributed by atoms with Gasteiger partial charge >= 0.3 is 6.03 Å². The van der Waals surface area contributed by atoms with Gasteiger partial charge in [0.2, 0.25) is 5.91 Å². The molecule has 4 rings (SSSR count). The third-order valence-corrected chi connectivity index (χ3v) is 10.4. The van der Waals surface area contributed by atoms with Crippen molar-refractivity contribution >= 4 is 45.1 Å². The molecular weight excluding hydrogens is 446 g/mol. The number of anilines is 2. The fraction of sp³-hybridized carbons (Fsp3) is 0.522. The molecule has 1 aliphatic carbocycles. The summed E-state index contributed by atoms with van der Waals surface area (Å²) in [5, 5.41) is 14.0. The third kappa shape index (κ3) is 3.48. The highest BCUT2D eigenvalue weighted by atomic mass is 35.5. The molecule has 3 N–H and O–H groups in total. The van der Waals surface area contributed by atoms with E-state index < -0.39 is 15.6 Å². The normalized spacial score (nSPS) is 19.2. The number of hydrogen-bond acceptors (Lipinski definition) is 3. The zero-order valence-corrected chi connectivity index (χ0v) is 21.1. The molecule has 2 heterocycles. The first-order chi connectivity index (χ1) is 14.9. The summed E-state index contributed by atoms with van der Waals surface area (Å²) in [5.74, 6) is 0.574. The molecule has 0 spiro atoms. The molecule has 2 aliphatic rings. The predicted molar refractivity (Wildman–Crippen MR) is 133 cm³/mol. The van der Waals surface area contributed by atoms with Gasteiger partial charge in [0.25, 0.3) is 0 Å². The molecule has 32 heavy (non-hydrogen) atoms. The lowest BCUT2D eigenvalue weighted by Crippen LogP contribution is -2.51. The van der Waals surface area contributed by atoms with Crippen molar-refractivity contribution in [2.75, 3.05) is 29.4 Å². The third-order valence-electron chi connectivity index (χ3n) is 7.15. The minimum Gasteiger partial charge on any atom is -0.309 e. The van der Waals surface area contributed by atoms with E-state index in [1.54, 1.807) is 11.0 Å². The second kappa shape index (κ2) is 7.70. The number of urea groups is 1. The Morgan fingerprint density at radius 3 is 2.44 bits per heavy atom. The first-order valence-corrected chi connectivity index (χ1v) is 14.0. The Hall–Kier alpha value is -2.19. The number of halogens is 1. The summed E-state index contributed by atoms with van der Waals surface area (Å²) in [6.45, 7) is 6.19. The van der Waals surface area contributed by atoms with Crippen LogP contribution in [-0.2, 0) is 16.9 Å². The van der Waals surface area contributed by atoms with Crippen molar-refractivity contribution in [1.29, 1.82) is 0 Å². The number of fused-ring (bicyclic) bond motifs is 1. The monoisotopic (exact) mass is 477 g/mol. The van der Waals surface area contributed by atoms with Gasteiger partial charge in [-0.1, -0.05) is 23.7 Å². The largest absolute Gasteiger partial charge is 0.322 e. The number of aromatic nitrogens is 2. The summed E-state index contributed by atoms with van der Waals surface area (Å²) < 4.78 is -0.300. The highest BCUT2D eigenvalue weighted by molar-refractivity contribution is 8.33. The van der Waals surface area contributed by atoms with Crippen LogP contribution in [0.1, 0.15) is 49.9 Å². The van der Waals surface area contributed by atoms with E-state index in [4.69, 9.17) is 11.6 Å². The summed E-state index contributed by atoms with van der Waals surface area (Å²) in [7, 11) is -1.07. The molecule has 0 bridgehead atoms. The van der Waals surface area contributed by atoms with Crippen molar-refractivity contribution in [2.24, 2.45) is 0 Å². The fourth-order valence-corrected chi connectivity index (χ4v) is 7.14. The van der Waals surface area contributed by atoms with Crippen LogP contribution in [0.25, 0.3) is 0 Å². The Labute approximate surface area is 196 Å². The first kappa shape index (κ1) is 23.0. The van der Waals surface area contributed by atoms with Gasteiger partial charge < -0.3 is 15.5 Å². The maximum Gasteiger partial charge on any atom is 0.322 e. The number of H-pyrrole nitrogens is 1. The second-order valence-corrected chi connectivity index (χ2v) is 14.9. The lowest BCUT2D eigenvalue weighted by atomic mass is 9.83. The number of hydrogen-bond donors (Lipinski definition) is 3. The van der Waals surface area contributed by atoms with Gasteiger partial charge in [0, 0.05) is 5.56 Å². The van der Waals surface area contributed by atoms with E-state index in [9.17, 15) is 9.59 Å². The quantitative estimate of drug-likeness (QED) is 0.564. The van der Waals surface area contributed by atoms with Crippen LogP contribution in [0.4, 0.5) is 16.3 Å². The number of carbonyl (C=O) groups excluding carboxylic acids is 2. The molecule has 3 amide bonds. The predicted octanol–water partition coefficient (Wildman–Crippen LogP) is 5.21. The summed E-state index contributed by atoms with van der Waals surface area (Å²) in [6, 6.07) is 5.27. The van der Waals surface area contributed by atoms with Crippen LogP contribution in [-0.4, -0.2) is 50.5 Å².